The van der Waals surface area contributed by atoms with Crippen LogP contribution in [0.25, 0.3) is 0 Å². The van der Waals surface area contributed by atoms with E-state index in [1.165, 1.54) is 0 Å². The van der Waals surface area contributed by atoms with Crippen LogP contribution in [0.15, 0.2) is 27.5 Å². The predicted molar refractivity (Wildman–Crippen MR) is 87.5 cm³/mol. The maximum atomic E-state index is 12.5. The molecular formula is C14H16BrClN2OS. The number of rotatable bonds is 5. The molecule has 0 unspecified atom stereocenters. The van der Waals surface area contributed by atoms with E-state index in [0.717, 1.165) is 22.3 Å². The lowest BCUT2D eigenvalue weighted by Crippen LogP contribution is -2.28. The normalized spacial score (nSPS) is 10.8. The molecule has 0 aliphatic heterocycles. The molecule has 0 radical (unpaired) electrons. The number of aryl methyl sites for hydroxylation is 1. The van der Waals surface area contributed by atoms with Gasteiger partial charge in [-0.25, -0.2) is 0 Å². The van der Waals surface area contributed by atoms with Crippen LogP contribution in [0.2, 0.25) is 5.02 Å². The van der Waals surface area contributed by atoms with E-state index in [1.807, 2.05) is 29.3 Å². The fraction of sp³-hybridized carbons (Fsp3) is 0.357. The third kappa shape index (κ3) is 3.65. The second kappa shape index (κ2) is 6.78. The van der Waals surface area contributed by atoms with Gasteiger partial charge in [-0.3, -0.25) is 4.79 Å². The van der Waals surface area contributed by atoms with Gasteiger partial charge in [0, 0.05) is 26.3 Å². The zero-order valence-electron chi connectivity index (χ0n) is 11.4. The molecule has 2 aromatic rings. The first-order valence-corrected chi connectivity index (χ1v) is 8.40. The first-order valence-electron chi connectivity index (χ1n) is 6.35. The van der Waals surface area contributed by atoms with E-state index in [1.54, 1.807) is 22.3 Å². The highest BCUT2D eigenvalue weighted by molar-refractivity contribution is 9.11. The predicted octanol–water partition coefficient (Wildman–Crippen LogP) is 4.65. The lowest BCUT2D eigenvalue weighted by Gasteiger charge is -2.17. The van der Waals surface area contributed by atoms with Gasteiger partial charge in [-0.05, 0) is 45.4 Å². The van der Waals surface area contributed by atoms with Crippen molar-refractivity contribution in [2.45, 2.75) is 26.4 Å². The summed E-state index contributed by atoms with van der Waals surface area (Å²) in [4.78, 5) is 14.2. The van der Waals surface area contributed by atoms with E-state index in [2.05, 4.69) is 22.9 Å². The Balaban J connectivity index is 2.13. The van der Waals surface area contributed by atoms with Gasteiger partial charge < -0.3 is 9.47 Å². The van der Waals surface area contributed by atoms with Gasteiger partial charge in [-0.1, -0.05) is 18.5 Å². The summed E-state index contributed by atoms with van der Waals surface area (Å²) in [5.74, 6) is -0.00678. The molecule has 0 fully saturated rings. The molecule has 6 heteroatoms. The smallest absolute Gasteiger partial charge is 0.270 e. The molecule has 0 aliphatic rings. The van der Waals surface area contributed by atoms with Crippen molar-refractivity contribution >= 4 is 44.8 Å². The molecule has 2 aromatic heterocycles. The van der Waals surface area contributed by atoms with Crippen LogP contribution in [0, 0.1) is 0 Å². The Morgan fingerprint density at radius 1 is 1.50 bits per heavy atom. The summed E-state index contributed by atoms with van der Waals surface area (Å²) >= 11 is 11.1. The molecule has 0 saturated carbocycles. The summed E-state index contributed by atoms with van der Waals surface area (Å²) in [6.45, 7) is 3.47. The molecule has 0 aromatic carbocycles. The van der Waals surface area contributed by atoms with Gasteiger partial charge in [0.1, 0.15) is 5.69 Å². The van der Waals surface area contributed by atoms with Crippen LogP contribution < -0.4 is 0 Å². The Bertz CT molecular complexity index is 608. The summed E-state index contributed by atoms with van der Waals surface area (Å²) in [6, 6.07) is 3.77. The average Bonchev–Trinajstić information content (AvgIpc) is 2.95. The molecule has 108 valence electrons. The third-order valence-corrected chi connectivity index (χ3v) is 4.70. The van der Waals surface area contributed by atoms with Crippen molar-refractivity contribution in [1.82, 2.24) is 9.47 Å². The first kappa shape index (κ1) is 15.6. The molecule has 0 spiro atoms. The molecular weight excluding hydrogens is 360 g/mol. The third-order valence-electron chi connectivity index (χ3n) is 2.94. The number of aromatic nitrogens is 1. The number of halogens is 2. The van der Waals surface area contributed by atoms with E-state index in [0.29, 0.717) is 17.3 Å². The molecule has 20 heavy (non-hydrogen) atoms. The Morgan fingerprint density at radius 2 is 2.25 bits per heavy atom. The zero-order chi connectivity index (χ0) is 14.7. The molecule has 0 N–H and O–H groups in total. The van der Waals surface area contributed by atoms with Crippen LogP contribution in [0.1, 0.15) is 29.4 Å². The van der Waals surface area contributed by atoms with Gasteiger partial charge in [0.2, 0.25) is 0 Å². The van der Waals surface area contributed by atoms with Crippen molar-refractivity contribution in [3.63, 3.8) is 0 Å². The van der Waals surface area contributed by atoms with Gasteiger partial charge in [-0.15, -0.1) is 11.3 Å². The van der Waals surface area contributed by atoms with Crippen LogP contribution in [0.4, 0.5) is 0 Å². The minimum Gasteiger partial charge on any atom is -0.342 e. The maximum Gasteiger partial charge on any atom is 0.270 e. The Labute approximate surface area is 136 Å². The van der Waals surface area contributed by atoms with Crippen molar-refractivity contribution < 1.29 is 4.79 Å². The van der Waals surface area contributed by atoms with E-state index in [-0.39, 0.29) is 5.91 Å². The van der Waals surface area contributed by atoms with Crippen molar-refractivity contribution in [3.05, 3.63) is 43.8 Å². The van der Waals surface area contributed by atoms with Crippen LogP contribution >= 0.6 is 38.9 Å². The highest BCUT2D eigenvalue weighted by atomic mass is 79.9. The minimum atomic E-state index is -0.00678. The van der Waals surface area contributed by atoms with Crippen LogP contribution in [-0.2, 0) is 13.1 Å². The van der Waals surface area contributed by atoms with E-state index < -0.39 is 0 Å². The Kier molecular flexibility index (Phi) is 5.29. The monoisotopic (exact) mass is 374 g/mol. The molecule has 0 bridgehead atoms. The molecule has 0 aliphatic carbocycles. The van der Waals surface area contributed by atoms with E-state index in [9.17, 15) is 4.79 Å². The van der Waals surface area contributed by atoms with Crippen LogP contribution in [0.3, 0.4) is 0 Å². The topological polar surface area (TPSA) is 25.2 Å². The van der Waals surface area contributed by atoms with Crippen molar-refractivity contribution in [3.8, 4) is 0 Å². The van der Waals surface area contributed by atoms with Gasteiger partial charge in [0.05, 0.1) is 8.81 Å². The summed E-state index contributed by atoms with van der Waals surface area (Å²) in [5, 5.41) is 2.65. The van der Waals surface area contributed by atoms with Crippen molar-refractivity contribution in [2.24, 2.45) is 0 Å². The number of thiophene rings is 1. The molecule has 0 saturated heterocycles. The quantitative estimate of drug-likeness (QED) is 0.747. The summed E-state index contributed by atoms with van der Waals surface area (Å²) in [6.07, 6.45) is 2.78. The molecule has 1 amide bonds. The number of nitrogens with zero attached hydrogens (tertiary/aromatic N) is 2. The Hall–Kier alpha value is -0.780. The van der Waals surface area contributed by atoms with Gasteiger partial charge >= 0.3 is 0 Å². The Morgan fingerprint density at radius 3 is 2.85 bits per heavy atom. The SMILES string of the molecule is CCCn1cc(Cl)cc1C(=O)N(C)Cc1csc(Br)c1. The number of carbonyl (C=O) groups is 1. The van der Waals surface area contributed by atoms with Gasteiger partial charge in [-0.2, -0.15) is 0 Å². The number of carbonyl (C=O) groups excluding carboxylic acids is 1. The van der Waals surface area contributed by atoms with E-state index in [4.69, 9.17) is 11.6 Å². The largest absolute Gasteiger partial charge is 0.342 e. The summed E-state index contributed by atoms with van der Waals surface area (Å²) in [5.41, 5.74) is 1.77. The standard InChI is InChI=1S/C14H16BrClN2OS/c1-3-4-18-8-11(16)6-12(18)14(19)17(2)7-10-5-13(15)20-9-10/h5-6,8-9H,3-4,7H2,1-2H3. The fourth-order valence-corrected chi connectivity index (χ4v) is 3.47. The maximum absolute atomic E-state index is 12.5. The summed E-state index contributed by atoms with van der Waals surface area (Å²) in [7, 11) is 1.81. The van der Waals surface area contributed by atoms with Crippen LogP contribution in [0.5, 0.6) is 0 Å². The highest BCUT2D eigenvalue weighted by Crippen LogP contribution is 2.22. The number of amides is 1. The highest BCUT2D eigenvalue weighted by Gasteiger charge is 2.17. The fourth-order valence-electron chi connectivity index (χ4n) is 2.05. The second-order valence-electron chi connectivity index (χ2n) is 4.66. The van der Waals surface area contributed by atoms with Crippen molar-refractivity contribution in [2.75, 3.05) is 7.05 Å². The first-order chi connectivity index (χ1) is 9.51. The summed E-state index contributed by atoms with van der Waals surface area (Å²) < 4.78 is 3.00. The molecule has 0 atom stereocenters. The minimum absolute atomic E-state index is 0.00678. The number of hydrogen-bond donors (Lipinski definition) is 0. The molecule has 2 heterocycles. The number of hydrogen-bond acceptors (Lipinski definition) is 2. The lowest BCUT2D eigenvalue weighted by atomic mass is 10.3. The van der Waals surface area contributed by atoms with Gasteiger partial charge in [0.25, 0.3) is 5.91 Å². The van der Waals surface area contributed by atoms with E-state index >= 15 is 0 Å². The lowest BCUT2D eigenvalue weighted by molar-refractivity contribution is 0.0774. The van der Waals surface area contributed by atoms with Crippen LogP contribution in [-0.4, -0.2) is 22.4 Å². The second-order valence-corrected chi connectivity index (χ2v) is 7.38. The van der Waals surface area contributed by atoms with Crippen molar-refractivity contribution in [1.29, 1.82) is 0 Å². The molecule has 3 nitrogen and oxygen atoms in total. The zero-order valence-corrected chi connectivity index (χ0v) is 14.6. The van der Waals surface area contributed by atoms with Gasteiger partial charge in [0.15, 0.2) is 0 Å². The molecule has 2 rings (SSSR count). The average molecular weight is 376 g/mol.